The molecule has 0 radical (unpaired) electrons. The Bertz CT molecular complexity index is 641. The third-order valence-corrected chi connectivity index (χ3v) is 4.36. The first-order valence-corrected chi connectivity index (χ1v) is 8.23. The first-order valence-electron chi connectivity index (χ1n) is 7.81. The summed E-state index contributed by atoms with van der Waals surface area (Å²) in [5.74, 6) is -0.406. The van der Waals surface area contributed by atoms with Crippen LogP contribution in [0.25, 0.3) is 0 Å². The molecule has 11 heteroatoms. The zero-order valence-corrected chi connectivity index (χ0v) is 14.0. The van der Waals surface area contributed by atoms with Crippen molar-refractivity contribution in [1.29, 1.82) is 0 Å². The van der Waals surface area contributed by atoms with Gasteiger partial charge >= 0.3 is 13.6 Å². The predicted molar refractivity (Wildman–Crippen MR) is 82.3 cm³/mol. The molecular formula is C10H19BrN5O4P. The fourth-order valence-corrected chi connectivity index (χ4v) is 2.98. The van der Waals surface area contributed by atoms with Crippen LogP contribution < -0.4 is 10.2 Å². The van der Waals surface area contributed by atoms with E-state index in [0.29, 0.717) is 0 Å². The van der Waals surface area contributed by atoms with Crippen molar-refractivity contribution in [1.82, 2.24) is 19.7 Å². The third-order valence-electron chi connectivity index (χ3n) is 2.44. The number of hydrogen-bond donors (Lipinski definition) is 2. The zero-order chi connectivity index (χ0) is 19.5. The molecule has 0 saturated heterocycles. The van der Waals surface area contributed by atoms with Crippen molar-refractivity contribution in [2.75, 3.05) is 18.4 Å². The van der Waals surface area contributed by atoms with Crippen LogP contribution in [0.1, 0.15) is 24.5 Å². The lowest BCUT2D eigenvalue weighted by Gasteiger charge is -2.19. The van der Waals surface area contributed by atoms with Crippen LogP contribution in [0.2, 0.25) is 0 Å². The summed E-state index contributed by atoms with van der Waals surface area (Å²) in [5.41, 5.74) is 0.275. The molecule has 0 fully saturated rings. The molecule has 1 aromatic rings. The molecule has 21 heavy (non-hydrogen) atoms. The molecule has 9 nitrogen and oxygen atoms in total. The summed E-state index contributed by atoms with van der Waals surface area (Å²) in [5, 5.41) is 13.7. The average Bonchev–Trinajstić information content (AvgIpc) is 2.81. The van der Waals surface area contributed by atoms with Gasteiger partial charge < -0.3 is 10.1 Å². The van der Waals surface area contributed by atoms with Crippen molar-refractivity contribution >= 4 is 29.5 Å². The van der Waals surface area contributed by atoms with E-state index in [-0.39, 0.29) is 25.4 Å². The average molecular weight is 388 g/mol. The fourth-order valence-electron chi connectivity index (χ4n) is 1.36. The molecule has 0 bridgehead atoms. The highest BCUT2D eigenvalue weighted by molar-refractivity contribution is 9.09. The highest BCUT2D eigenvalue weighted by Crippen LogP contribution is 2.38. The van der Waals surface area contributed by atoms with Gasteiger partial charge in [-0.25, -0.2) is 14.7 Å². The van der Waals surface area contributed by atoms with Crippen molar-refractivity contribution in [3.05, 3.63) is 22.0 Å². The molecule has 1 aromatic heterocycles. The molecule has 120 valence electrons. The van der Waals surface area contributed by atoms with E-state index >= 15 is 0 Å². The van der Waals surface area contributed by atoms with E-state index in [0.717, 1.165) is 4.57 Å². The Morgan fingerprint density at radius 2 is 2.29 bits per heavy atom. The number of alkyl halides is 1. The Labute approximate surface area is 136 Å². The summed E-state index contributed by atoms with van der Waals surface area (Å²) < 4.78 is 49.0. The fraction of sp³-hybridized carbons (Fsp3) is 0.700. The van der Waals surface area contributed by atoms with E-state index in [9.17, 15) is 14.7 Å². The van der Waals surface area contributed by atoms with Crippen molar-refractivity contribution in [2.24, 2.45) is 7.05 Å². The molecule has 0 aliphatic carbocycles. The Hall–Kier alpha value is -0.800. The van der Waals surface area contributed by atoms with E-state index < -0.39 is 30.2 Å². The maximum atomic E-state index is 12.8. The highest BCUT2D eigenvalue weighted by Gasteiger charge is 2.24. The standard InChI is InChI=1S/C10H19BrN5O4P/c1-3-5-13-21(19,14-6-4-11)20-8-9-7-12-10(15(9)2)16(17)18/h7H,3-6,8H2,1-2H3,(H2,13,14,19)/i3D2,4D2. The van der Waals surface area contributed by atoms with Gasteiger partial charge in [0.1, 0.15) is 18.5 Å². The van der Waals surface area contributed by atoms with Gasteiger partial charge in [-0.15, -0.1) is 0 Å². The Balaban J connectivity index is 2.85. The maximum Gasteiger partial charge on any atom is 0.434 e. The Morgan fingerprint density at radius 1 is 1.62 bits per heavy atom. The van der Waals surface area contributed by atoms with Crippen LogP contribution in [0.3, 0.4) is 0 Å². The van der Waals surface area contributed by atoms with E-state index in [1.54, 1.807) is 0 Å². The number of rotatable bonds is 10. The first kappa shape index (κ1) is 12.7. The molecule has 2 N–H and O–H groups in total. The second kappa shape index (κ2) is 8.60. The lowest BCUT2D eigenvalue weighted by atomic mass is 10.5. The largest absolute Gasteiger partial charge is 0.434 e. The molecule has 0 saturated carbocycles. The van der Waals surface area contributed by atoms with Crippen LogP contribution in [0.4, 0.5) is 5.95 Å². The number of nitrogens with one attached hydrogen (secondary N) is 2. The molecule has 0 aromatic carbocycles. The van der Waals surface area contributed by atoms with E-state index in [1.165, 1.54) is 20.2 Å². The lowest BCUT2D eigenvalue weighted by molar-refractivity contribution is -0.396. The van der Waals surface area contributed by atoms with Gasteiger partial charge in [0.2, 0.25) is 0 Å². The van der Waals surface area contributed by atoms with Crippen LogP contribution in [0, 0.1) is 10.1 Å². The minimum Gasteiger partial charge on any atom is -0.390 e. The van der Waals surface area contributed by atoms with Crippen molar-refractivity contribution in [3.63, 3.8) is 0 Å². The minimum atomic E-state index is -3.83. The number of nitro groups is 1. The SMILES string of the molecule is [2H]C([2H])(C)CNP(=O)(NCC([2H])([2H])Br)OCc1cnc([N+](=O)[O-])n1C. The van der Waals surface area contributed by atoms with Gasteiger partial charge in [-0.2, -0.15) is 0 Å². The summed E-state index contributed by atoms with van der Waals surface area (Å²) in [4.78, 5) is 13.7. The van der Waals surface area contributed by atoms with Gasteiger partial charge in [-0.05, 0) is 11.3 Å². The molecule has 1 atom stereocenters. The second-order valence-electron chi connectivity index (χ2n) is 3.85. The van der Waals surface area contributed by atoms with Gasteiger partial charge in [0.25, 0.3) is 0 Å². The molecule has 1 unspecified atom stereocenters. The summed E-state index contributed by atoms with van der Waals surface area (Å²) in [6, 6.07) is 0. The van der Waals surface area contributed by atoms with E-state index in [1.807, 2.05) is 0 Å². The van der Waals surface area contributed by atoms with Crippen LogP contribution in [0.15, 0.2) is 6.20 Å². The van der Waals surface area contributed by atoms with Crippen molar-refractivity contribution in [3.8, 4) is 0 Å². The van der Waals surface area contributed by atoms with Gasteiger partial charge in [0.05, 0.1) is 7.05 Å². The number of hydrogen-bond acceptors (Lipinski definition) is 5. The molecular weight excluding hydrogens is 365 g/mol. The van der Waals surface area contributed by atoms with Crippen LogP contribution >= 0.6 is 23.6 Å². The monoisotopic (exact) mass is 387 g/mol. The van der Waals surface area contributed by atoms with Gasteiger partial charge in [-0.3, -0.25) is 9.09 Å². The molecule has 0 aliphatic heterocycles. The minimum absolute atomic E-state index is 0.275. The first-order chi connectivity index (χ1) is 11.2. The van der Waals surface area contributed by atoms with Crippen molar-refractivity contribution < 1.29 is 19.5 Å². The molecule has 0 spiro atoms. The number of nitrogens with zero attached hydrogens (tertiary/aromatic N) is 3. The van der Waals surface area contributed by atoms with Gasteiger partial charge in [-0.1, -0.05) is 27.8 Å². The summed E-state index contributed by atoms with van der Waals surface area (Å²) in [7, 11) is -2.43. The molecule has 1 heterocycles. The maximum absolute atomic E-state index is 12.8. The Kier molecular flexibility index (Phi) is 5.20. The molecule has 0 aliphatic rings. The van der Waals surface area contributed by atoms with Gasteiger partial charge in [0.15, 0.2) is 0 Å². The van der Waals surface area contributed by atoms with E-state index in [2.05, 4.69) is 31.1 Å². The summed E-state index contributed by atoms with van der Waals surface area (Å²) in [6.45, 7) is 0.273. The quantitative estimate of drug-likeness (QED) is 0.273. The molecule has 1 rings (SSSR count). The van der Waals surface area contributed by atoms with E-state index in [4.69, 9.17) is 10.0 Å². The topological polar surface area (TPSA) is 111 Å². The lowest BCUT2D eigenvalue weighted by Crippen LogP contribution is -2.26. The van der Waals surface area contributed by atoms with Crippen molar-refractivity contribution in [2.45, 2.75) is 19.9 Å². The van der Waals surface area contributed by atoms with Crippen LogP contribution in [-0.2, 0) is 22.7 Å². The number of halogens is 1. The number of imidazole rings is 1. The normalized spacial score (nSPS) is 18.2. The molecule has 0 amide bonds. The van der Waals surface area contributed by atoms with Gasteiger partial charge in [0, 0.05) is 23.9 Å². The summed E-state index contributed by atoms with van der Waals surface area (Å²) in [6.07, 6.45) is -0.481. The number of aromatic nitrogens is 2. The van der Waals surface area contributed by atoms with Crippen LogP contribution in [-0.4, -0.2) is 32.8 Å². The second-order valence-corrected chi connectivity index (χ2v) is 6.40. The summed E-state index contributed by atoms with van der Waals surface area (Å²) >= 11 is 2.75. The third kappa shape index (κ3) is 5.48. The Morgan fingerprint density at radius 3 is 2.81 bits per heavy atom. The van der Waals surface area contributed by atoms with Crippen LogP contribution in [0.5, 0.6) is 0 Å². The smallest absolute Gasteiger partial charge is 0.390 e. The highest BCUT2D eigenvalue weighted by atomic mass is 79.9. The zero-order valence-electron chi connectivity index (χ0n) is 15.5. The predicted octanol–water partition coefficient (Wildman–Crippen LogP) is 1.94.